The summed E-state index contributed by atoms with van der Waals surface area (Å²) in [6.07, 6.45) is 6.23. The minimum Gasteiger partial charge on any atom is -0.324 e. The van der Waals surface area contributed by atoms with Gasteiger partial charge in [-0.3, -0.25) is 9.48 Å². The molecule has 26 heavy (non-hydrogen) atoms. The third-order valence-corrected chi connectivity index (χ3v) is 4.83. The van der Waals surface area contributed by atoms with Crippen molar-refractivity contribution in [2.45, 2.75) is 59.4 Å². The van der Waals surface area contributed by atoms with Crippen LogP contribution in [-0.4, -0.2) is 28.1 Å². The first-order valence-electron chi connectivity index (χ1n) is 9.62. The topological polar surface area (TPSA) is 50.5 Å². The monoisotopic (exact) mass is 352 g/mol. The number of benzene rings is 1. The van der Waals surface area contributed by atoms with Gasteiger partial charge in [0, 0.05) is 25.4 Å². The Hall–Kier alpha value is -2.43. The fraction of sp³-hybridized carbons (Fsp3) is 0.476. The third-order valence-electron chi connectivity index (χ3n) is 4.83. The van der Waals surface area contributed by atoms with Gasteiger partial charge >= 0.3 is 0 Å². The molecule has 0 N–H and O–H groups in total. The Morgan fingerprint density at radius 2 is 1.85 bits per heavy atom. The van der Waals surface area contributed by atoms with Crippen LogP contribution in [0.2, 0.25) is 0 Å². The van der Waals surface area contributed by atoms with E-state index in [1.165, 1.54) is 36.6 Å². The number of aromatic nitrogens is 2. The smallest absolute Gasteiger partial charge is 0.244 e. The van der Waals surface area contributed by atoms with Gasteiger partial charge in [0.2, 0.25) is 5.91 Å². The molecule has 0 spiro atoms. The lowest BCUT2D eigenvalue weighted by Crippen LogP contribution is -2.34. The maximum Gasteiger partial charge on any atom is 0.244 e. The van der Waals surface area contributed by atoms with Crippen molar-refractivity contribution in [2.24, 2.45) is 4.99 Å². The maximum atomic E-state index is 11.9. The summed E-state index contributed by atoms with van der Waals surface area (Å²) < 4.78 is 2.01. The van der Waals surface area contributed by atoms with E-state index in [4.69, 9.17) is 5.10 Å². The number of nitrogens with zero attached hydrogens (tertiary/aromatic N) is 4. The van der Waals surface area contributed by atoms with Crippen LogP contribution in [0.4, 0.5) is 5.69 Å². The number of hydrogen-bond acceptors (Lipinski definition) is 2. The highest BCUT2D eigenvalue weighted by Gasteiger charge is 2.27. The molecule has 1 saturated carbocycles. The van der Waals surface area contributed by atoms with Crippen LogP contribution >= 0.6 is 0 Å². The fourth-order valence-corrected chi connectivity index (χ4v) is 3.38. The normalized spacial score (nSPS) is 14.5. The van der Waals surface area contributed by atoms with Gasteiger partial charge in [-0.25, -0.2) is 0 Å². The van der Waals surface area contributed by atoms with Gasteiger partial charge in [0.15, 0.2) is 5.84 Å². The minimum atomic E-state index is -0.202. The number of carbonyl (C=O) groups is 1. The number of anilines is 1. The van der Waals surface area contributed by atoms with Gasteiger partial charge < -0.3 is 4.90 Å². The van der Waals surface area contributed by atoms with Gasteiger partial charge in [-0.2, -0.15) is 10.1 Å². The predicted molar refractivity (Wildman–Crippen MR) is 106 cm³/mol. The average molecular weight is 352 g/mol. The molecule has 0 unspecified atom stereocenters. The van der Waals surface area contributed by atoms with E-state index in [9.17, 15) is 4.79 Å². The molecule has 1 fully saturated rings. The lowest BCUT2D eigenvalue weighted by molar-refractivity contribution is -0.115. The summed E-state index contributed by atoms with van der Waals surface area (Å²) in [5.41, 5.74) is 4.47. The molecule has 0 aliphatic heterocycles. The van der Waals surface area contributed by atoms with E-state index < -0.39 is 0 Å². The van der Waals surface area contributed by atoms with E-state index in [1.54, 1.807) is 0 Å². The molecule has 0 bridgehead atoms. The Labute approximate surface area is 155 Å². The van der Waals surface area contributed by atoms with Crippen molar-refractivity contribution in [2.75, 3.05) is 11.4 Å². The molecule has 0 radical (unpaired) electrons. The number of amides is 1. The van der Waals surface area contributed by atoms with Crippen molar-refractivity contribution in [3.8, 4) is 0 Å². The van der Waals surface area contributed by atoms with Crippen molar-refractivity contribution in [3.05, 3.63) is 47.3 Å². The van der Waals surface area contributed by atoms with E-state index in [0.29, 0.717) is 11.9 Å². The molecular formula is C21H28N4O. The number of aliphatic imine (C=N–C) groups is 1. The van der Waals surface area contributed by atoms with Crippen LogP contribution in [0.15, 0.2) is 35.5 Å². The Kier molecular flexibility index (Phi) is 5.55. The summed E-state index contributed by atoms with van der Waals surface area (Å²) in [5.74, 6) is 0.446. The number of aryl methyl sites for hydroxylation is 2. The van der Waals surface area contributed by atoms with Crippen molar-refractivity contribution in [1.29, 1.82) is 0 Å². The molecule has 5 heteroatoms. The van der Waals surface area contributed by atoms with E-state index in [1.807, 2.05) is 16.9 Å². The molecule has 2 aromatic rings. The summed E-state index contributed by atoms with van der Waals surface area (Å²) in [5, 5.41) is 4.72. The number of carbonyl (C=O) groups excluding carboxylic acids is 1. The Morgan fingerprint density at radius 1 is 1.19 bits per heavy atom. The van der Waals surface area contributed by atoms with Crippen molar-refractivity contribution in [1.82, 2.24) is 9.78 Å². The van der Waals surface area contributed by atoms with Gasteiger partial charge in [-0.1, -0.05) is 32.0 Å². The highest BCUT2D eigenvalue weighted by atomic mass is 16.1. The van der Waals surface area contributed by atoms with Gasteiger partial charge in [0.05, 0.1) is 6.04 Å². The molecule has 0 saturated heterocycles. The van der Waals surface area contributed by atoms with Crippen LogP contribution in [0.1, 0.15) is 63.4 Å². The molecular weight excluding hydrogens is 324 g/mol. The van der Waals surface area contributed by atoms with Crippen LogP contribution in [0.5, 0.6) is 0 Å². The van der Waals surface area contributed by atoms with Crippen molar-refractivity contribution < 1.29 is 4.79 Å². The van der Waals surface area contributed by atoms with Crippen molar-refractivity contribution in [3.63, 3.8) is 0 Å². The second kappa shape index (κ2) is 7.85. The van der Waals surface area contributed by atoms with Crippen LogP contribution < -0.4 is 4.90 Å². The first-order chi connectivity index (χ1) is 12.6. The molecule has 3 rings (SSSR count). The number of amidine groups is 1. The lowest BCUT2D eigenvalue weighted by Gasteiger charge is -2.28. The van der Waals surface area contributed by atoms with Crippen LogP contribution in [0.25, 0.3) is 0 Å². The Morgan fingerprint density at radius 3 is 2.35 bits per heavy atom. The van der Waals surface area contributed by atoms with Gasteiger partial charge in [0.1, 0.15) is 5.69 Å². The fourth-order valence-electron chi connectivity index (χ4n) is 3.38. The van der Waals surface area contributed by atoms with Crippen LogP contribution in [0, 0.1) is 0 Å². The van der Waals surface area contributed by atoms with Gasteiger partial charge in [0.25, 0.3) is 0 Å². The average Bonchev–Trinajstić information content (AvgIpc) is 3.38. The molecule has 1 aliphatic rings. The standard InChI is InChI=1S/C21H28N4O/c1-5-16-9-8-10-17(6-2)20(16)24(7-3)21(22-15(4)26)19-13-14-25(23-19)18-11-12-18/h8-10,13-14,18H,5-7,11-12H2,1-4H3. The zero-order chi connectivity index (χ0) is 18.7. The highest BCUT2D eigenvalue weighted by molar-refractivity contribution is 6.13. The second-order valence-electron chi connectivity index (χ2n) is 6.74. The lowest BCUT2D eigenvalue weighted by atomic mass is 10.0. The van der Waals surface area contributed by atoms with Gasteiger partial charge in [-0.05, 0) is 49.8 Å². The molecule has 5 nitrogen and oxygen atoms in total. The quantitative estimate of drug-likeness (QED) is 0.579. The zero-order valence-corrected chi connectivity index (χ0v) is 16.2. The predicted octanol–water partition coefficient (Wildman–Crippen LogP) is 4.16. The van der Waals surface area contributed by atoms with E-state index >= 15 is 0 Å². The number of para-hydroxylation sites is 1. The summed E-state index contributed by atoms with van der Waals surface area (Å²) in [6, 6.07) is 8.91. The second-order valence-corrected chi connectivity index (χ2v) is 6.74. The SMILES string of the molecule is CCc1cccc(CC)c1N(CC)C(=NC(C)=O)c1ccn(C2CC2)n1. The molecule has 1 aromatic heterocycles. The van der Waals surface area contributed by atoms with Gasteiger partial charge in [-0.15, -0.1) is 0 Å². The van der Waals surface area contributed by atoms with Crippen LogP contribution in [-0.2, 0) is 17.6 Å². The maximum absolute atomic E-state index is 11.9. The van der Waals surface area contributed by atoms with E-state index in [2.05, 4.69) is 48.9 Å². The molecule has 1 aromatic carbocycles. The molecule has 1 aliphatic carbocycles. The Balaban J connectivity index is 2.11. The largest absolute Gasteiger partial charge is 0.324 e. The summed E-state index contributed by atoms with van der Waals surface area (Å²) in [6.45, 7) is 8.65. The summed E-state index contributed by atoms with van der Waals surface area (Å²) >= 11 is 0. The molecule has 138 valence electrons. The van der Waals surface area contributed by atoms with E-state index in [0.717, 1.165) is 25.1 Å². The number of rotatable bonds is 6. The van der Waals surface area contributed by atoms with Crippen LogP contribution in [0.3, 0.4) is 0 Å². The molecule has 1 amide bonds. The molecule has 1 heterocycles. The Bertz CT molecular complexity index is 795. The first-order valence-corrected chi connectivity index (χ1v) is 9.62. The van der Waals surface area contributed by atoms with Crippen molar-refractivity contribution >= 4 is 17.4 Å². The highest BCUT2D eigenvalue weighted by Crippen LogP contribution is 2.34. The summed E-state index contributed by atoms with van der Waals surface area (Å²) in [7, 11) is 0. The summed E-state index contributed by atoms with van der Waals surface area (Å²) in [4.78, 5) is 18.4. The molecule has 0 atom stereocenters. The number of hydrogen-bond donors (Lipinski definition) is 0. The third kappa shape index (κ3) is 3.71. The first kappa shape index (κ1) is 18.4. The minimum absolute atomic E-state index is 0.202. The zero-order valence-electron chi connectivity index (χ0n) is 16.2. The van der Waals surface area contributed by atoms with E-state index in [-0.39, 0.29) is 5.91 Å².